The maximum atomic E-state index is 10.4. The second-order valence-corrected chi connectivity index (χ2v) is 5.41. The molecule has 0 amide bonds. The first-order valence-corrected chi connectivity index (χ1v) is 7.05. The molecule has 0 saturated heterocycles. The number of aromatic hydroxyl groups is 1. The molecule has 22 heavy (non-hydrogen) atoms. The first-order valence-electron chi connectivity index (χ1n) is 7.05. The second-order valence-electron chi connectivity index (χ2n) is 5.41. The Labute approximate surface area is 128 Å². The fourth-order valence-corrected chi connectivity index (χ4v) is 2.38. The predicted molar refractivity (Wildman–Crippen MR) is 90.1 cm³/mol. The van der Waals surface area contributed by atoms with Gasteiger partial charge < -0.3 is 10.8 Å². The zero-order valence-corrected chi connectivity index (χ0v) is 12.5. The number of rotatable bonds is 2. The molecule has 4 heteroatoms. The van der Waals surface area contributed by atoms with Crippen LogP contribution in [0, 0.1) is 13.8 Å². The number of hydrogen-bond donors (Lipinski definition) is 2. The van der Waals surface area contributed by atoms with E-state index in [1.165, 1.54) is 5.56 Å². The molecule has 0 atom stereocenters. The molecular weight excluding hydrogens is 274 g/mol. The number of aryl methyl sites for hydroxylation is 2. The number of nitrogens with zero attached hydrogens (tertiary/aromatic N) is 2. The Balaban J connectivity index is 2.07. The van der Waals surface area contributed by atoms with Crippen molar-refractivity contribution in [1.82, 2.24) is 0 Å². The van der Waals surface area contributed by atoms with Gasteiger partial charge in [0.15, 0.2) is 5.75 Å². The summed E-state index contributed by atoms with van der Waals surface area (Å²) < 4.78 is 0. The molecular formula is C18H17N3O. The fraction of sp³-hybridized carbons (Fsp3) is 0.111. The van der Waals surface area contributed by atoms with Gasteiger partial charge in [-0.2, -0.15) is 5.11 Å². The average Bonchev–Trinajstić information content (AvgIpc) is 2.48. The summed E-state index contributed by atoms with van der Waals surface area (Å²) in [5.74, 6) is 0.130. The van der Waals surface area contributed by atoms with E-state index >= 15 is 0 Å². The summed E-state index contributed by atoms with van der Waals surface area (Å²) >= 11 is 0. The van der Waals surface area contributed by atoms with Crippen LogP contribution in [0.1, 0.15) is 11.1 Å². The highest BCUT2D eigenvalue weighted by molar-refractivity contribution is 5.95. The van der Waals surface area contributed by atoms with Crippen molar-refractivity contribution in [2.75, 3.05) is 5.73 Å². The first kappa shape index (κ1) is 14.1. The molecule has 0 spiro atoms. The summed E-state index contributed by atoms with van der Waals surface area (Å²) in [5.41, 5.74) is 9.71. The number of nitrogens with two attached hydrogens (primary N) is 1. The monoisotopic (exact) mass is 291 g/mol. The SMILES string of the molecule is Cc1ccc(N=Nc2c(C)cc3cc(N)ccc3c2O)cc1. The molecule has 0 saturated carbocycles. The molecule has 0 aromatic heterocycles. The van der Waals surface area contributed by atoms with Gasteiger partial charge >= 0.3 is 0 Å². The molecule has 4 nitrogen and oxygen atoms in total. The van der Waals surface area contributed by atoms with Gasteiger partial charge in [-0.15, -0.1) is 5.11 Å². The molecule has 0 aliphatic rings. The van der Waals surface area contributed by atoms with Crippen LogP contribution >= 0.6 is 0 Å². The molecule has 0 bridgehead atoms. The lowest BCUT2D eigenvalue weighted by Gasteiger charge is -2.08. The van der Waals surface area contributed by atoms with Crippen LogP contribution in [0.25, 0.3) is 10.8 Å². The molecule has 3 aromatic carbocycles. The molecule has 3 rings (SSSR count). The van der Waals surface area contributed by atoms with Gasteiger partial charge in [0.1, 0.15) is 5.69 Å². The lowest BCUT2D eigenvalue weighted by molar-refractivity contribution is 0.482. The number of phenols is 1. The molecule has 0 radical (unpaired) electrons. The Bertz CT molecular complexity index is 868. The minimum absolute atomic E-state index is 0.130. The van der Waals surface area contributed by atoms with Crippen molar-refractivity contribution in [2.24, 2.45) is 10.2 Å². The van der Waals surface area contributed by atoms with Crippen molar-refractivity contribution in [3.63, 3.8) is 0 Å². The normalized spacial score (nSPS) is 11.4. The van der Waals surface area contributed by atoms with E-state index in [9.17, 15) is 5.11 Å². The third-order valence-electron chi connectivity index (χ3n) is 3.60. The fourth-order valence-electron chi connectivity index (χ4n) is 2.38. The van der Waals surface area contributed by atoms with E-state index in [4.69, 9.17) is 5.73 Å². The Morgan fingerprint density at radius 1 is 0.909 bits per heavy atom. The number of anilines is 1. The predicted octanol–water partition coefficient (Wildman–Crippen LogP) is 5.16. The summed E-state index contributed by atoms with van der Waals surface area (Å²) in [7, 11) is 0. The number of hydrogen-bond acceptors (Lipinski definition) is 4. The minimum Gasteiger partial charge on any atom is -0.505 e. The Morgan fingerprint density at radius 3 is 2.36 bits per heavy atom. The van der Waals surface area contributed by atoms with Gasteiger partial charge in [0.05, 0.1) is 5.69 Å². The quantitative estimate of drug-likeness (QED) is 0.505. The highest BCUT2D eigenvalue weighted by Gasteiger charge is 2.10. The molecule has 3 aromatic rings. The molecule has 0 aliphatic heterocycles. The van der Waals surface area contributed by atoms with E-state index in [1.54, 1.807) is 12.1 Å². The molecule has 0 fully saturated rings. The van der Waals surface area contributed by atoms with Gasteiger partial charge in [-0.25, -0.2) is 0 Å². The van der Waals surface area contributed by atoms with Crippen LogP contribution in [0.2, 0.25) is 0 Å². The van der Waals surface area contributed by atoms with E-state index in [0.29, 0.717) is 11.4 Å². The molecule has 110 valence electrons. The summed E-state index contributed by atoms with van der Waals surface area (Å²) in [6, 6.07) is 15.1. The number of nitrogen functional groups attached to an aromatic ring is 1. The maximum Gasteiger partial charge on any atom is 0.151 e. The number of fused-ring (bicyclic) bond motifs is 1. The zero-order chi connectivity index (χ0) is 15.7. The topological polar surface area (TPSA) is 71.0 Å². The Kier molecular flexibility index (Phi) is 3.51. The molecule has 0 aliphatic carbocycles. The van der Waals surface area contributed by atoms with Crippen LogP contribution in [0.5, 0.6) is 5.75 Å². The van der Waals surface area contributed by atoms with Gasteiger partial charge in [0.25, 0.3) is 0 Å². The van der Waals surface area contributed by atoms with Gasteiger partial charge in [-0.1, -0.05) is 17.7 Å². The average molecular weight is 291 g/mol. The van der Waals surface area contributed by atoms with E-state index in [-0.39, 0.29) is 5.75 Å². The smallest absolute Gasteiger partial charge is 0.151 e. The van der Waals surface area contributed by atoms with Crippen LogP contribution in [0.4, 0.5) is 17.1 Å². The van der Waals surface area contributed by atoms with Crippen molar-refractivity contribution in [3.05, 3.63) is 59.7 Å². The lowest BCUT2D eigenvalue weighted by Crippen LogP contribution is -1.85. The molecule has 3 N–H and O–H groups in total. The lowest BCUT2D eigenvalue weighted by atomic mass is 10.0. The van der Waals surface area contributed by atoms with Gasteiger partial charge in [0, 0.05) is 11.1 Å². The van der Waals surface area contributed by atoms with E-state index < -0.39 is 0 Å². The standard InChI is InChI=1S/C18H17N3O/c1-11-3-6-15(7-4-11)20-21-17-12(2)9-13-10-14(19)5-8-16(13)18(17)22/h3-10,22H,19H2,1-2H3. The number of benzene rings is 3. The van der Waals surface area contributed by atoms with E-state index in [0.717, 1.165) is 22.0 Å². The Hall–Kier alpha value is -2.88. The van der Waals surface area contributed by atoms with Gasteiger partial charge in [-0.05, 0) is 61.2 Å². The van der Waals surface area contributed by atoms with Gasteiger partial charge in [0.2, 0.25) is 0 Å². The summed E-state index contributed by atoms with van der Waals surface area (Å²) in [5, 5.41) is 20.5. The summed E-state index contributed by atoms with van der Waals surface area (Å²) in [4.78, 5) is 0. The zero-order valence-electron chi connectivity index (χ0n) is 12.5. The molecule has 0 unspecified atom stereocenters. The number of phenolic OH excluding ortho intramolecular Hbond substituents is 1. The van der Waals surface area contributed by atoms with Crippen LogP contribution < -0.4 is 5.73 Å². The van der Waals surface area contributed by atoms with Crippen LogP contribution in [-0.2, 0) is 0 Å². The van der Waals surface area contributed by atoms with Gasteiger partial charge in [-0.3, -0.25) is 0 Å². The highest BCUT2D eigenvalue weighted by Crippen LogP contribution is 2.39. The van der Waals surface area contributed by atoms with E-state index in [2.05, 4.69) is 10.2 Å². The summed E-state index contributed by atoms with van der Waals surface area (Å²) in [6.07, 6.45) is 0. The van der Waals surface area contributed by atoms with Crippen molar-refractivity contribution >= 4 is 27.8 Å². The number of azo groups is 1. The van der Waals surface area contributed by atoms with Crippen molar-refractivity contribution in [2.45, 2.75) is 13.8 Å². The third-order valence-corrected chi connectivity index (χ3v) is 3.60. The Morgan fingerprint density at radius 2 is 1.64 bits per heavy atom. The van der Waals surface area contributed by atoms with Crippen LogP contribution in [0.3, 0.4) is 0 Å². The second kappa shape index (κ2) is 5.48. The minimum atomic E-state index is 0.130. The highest BCUT2D eigenvalue weighted by atomic mass is 16.3. The van der Waals surface area contributed by atoms with Crippen molar-refractivity contribution in [3.8, 4) is 5.75 Å². The van der Waals surface area contributed by atoms with Crippen LogP contribution in [0.15, 0.2) is 58.8 Å². The first-order chi connectivity index (χ1) is 10.5. The van der Waals surface area contributed by atoms with Crippen LogP contribution in [-0.4, -0.2) is 5.11 Å². The van der Waals surface area contributed by atoms with E-state index in [1.807, 2.05) is 50.2 Å². The largest absolute Gasteiger partial charge is 0.505 e. The third kappa shape index (κ3) is 2.63. The van der Waals surface area contributed by atoms with Crippen molar-refractivity contribution in [1.29, 1.82) is 0 Å². The maximum absolute atomic E-state index is 10.4. The summed E-state index contributed by atoms with van der Waals surface area (Å²) in [6.45, 7) is 3.91. The molecule has 0 heterocycles. The van der Waals surface area contributed by atoms with Crippen molar-refractivity contribution < 1.29 is 5.11 Å².